The summed E-state index contributed by atoms with van der Waals surface area (Å²) in [7, 11) is 0. The van der Waals surface area contributed by atoms with Gasteiger partial charge >= 0.3 is 0 Å². The van der Waals surface area contributed by atoms with Gasteiger partial charge < -0.3 is 14.8 Å². The van der Waals surface area contributed by atoms with Gasteiger partial charge in [0, 0.05) is 16.9 Å². The van der Waals surface area contributed by atoms with Gasteiger partial charge in [-0.3, -0.25) is 4.79 Å². The van der Waals surface area contributed by atoms with Gasteiger partial charge in [0.2, 0.25) is 5.91 Å². The third kappa shape index (κ3) is 6.56. The maximum absolute atomic E-state index is 12.4. The van der Waals surface area contributed by atoms with Gasteiger partial charge in [-0.25, -0.2) is 4.98 Å². The van der Waals surface area contributed by atoms with E-state index in [2.05, 4.69) is 52.2 Å². The minimum Gasteiger partial charge on any atom is -0.494 e. The fourth-order valence-corrected chi connectivity index (χ4v) is 4.55. The molecule has 0 atom stereocenters. The highest BCUT2D eigenvalue weighted by molar-refractivity contribution is 9.10. The lowest BCUT2D eigenvalue weighted by Gasteiger charge is -2.11. The zero-order chi connectivity index (χ0) is 23.1. The van der Waals surface area contributed by atoms with Crippen LogP contribution in [-0.4, -0.2) is 24.1 Å². The zero-order valence-corrected chi connectivity index (χ0v) is 21.3. The van der Waals surface area contributed by atoms with E-state index < -0.39 is 0 Å². The second-order valence-electron chi connectivity index (χ2n) is 7.73. The minimum absolute atomic E-state index is 0.0604. The van der Waals surface area contributed by atoms with Gasteiger partial charge in [-0.05, 0) is 84.1 Å². The number of aromatic nitrogens is 1. The molecule has 3 aromatic rings. The summed E-state index contributed by atoms with van der Waals surface area (Å²) < 4.78 is 12.3. The molecule has 5 nitrogen and oxygen atoms in total. The largest absolute Gasteiger partial charge is 0.494 e. The predicted molar refractivity (Wildman–Crippen MR) is 135 cm³/mol. The van der Waals surface area contributed by atoms with Crippen LogP contribution >= 0.6 is 27.3 Å². The van der Waals surface area contributed by atoms with E-state index in [1.165, 1.54) is 16.9 Å². The van der Waals surface area contributed by atoms with E-state index in [4.69, 9.17) is 9.47 Å². The summed E-state index contributed by atoms with van der Waals surface area (Å²) in [4.78, 5) is 18.0. The summed E-state index contributed by atoms with van der Waals surface area (Å²) in [5.41, 5.74) is 3.14. The number of benzene rings is 2. The lowest BCUT2D eigenvalue weighted by molar-refractivity contribution is -0.116. The summed E-state index contributed by atoms with van der Waals surface area (Å²) in [6, 6.07) is 14.0. The van der Waals surface area contributed by atoms with E-state index in [1.807, 2.05) is 44.2 Å². The number of nitrogens with one attached hydrogen (secondary N) is 1. The molecular formula is C25H29BrN2O3S. The van der Waals surface area contributed by atoms with Crippen molar-refractivity contribution >= 4 is 38.3 Å². The van der Waals surface area contributed by atoms with Crippen LogP contribution in [0.5, 0.6) is 11.5 Å². The van der Waals surface area contributed by atoms with Crippen LogP contribution in [0.3, 0.4) is 0 Å². The smallest absolute Gasteiger partial charge is 0.226 e. The van der Waals surface area contributed by atoms with Gasteiger partial charge in [0.25, 0.3) is 0 Å². The molecule has 0 unspecified atom stereocenters. The highest BCUT2D eigenvalue weighted by atomic mass is 79.9. The Morgan fingerprint density at radius 3 is 2.56 bits per heavy atom. The summed E-state index contributed by atoms with van der Waals surface area (Å²) in [6.07, 6.45) is 0.999. The second kappa shape index (κ2) is 11.5. The van der Waals surface area contributed by atoms with Crippen molar-refractivity contribution < 1.29 is 14.3 Å². The van der Waals surface area contributed by atoms with Crippen molar-refractivity contribution in [3.05, 3.63) is 57.4 Å². The monoisotopic (exact) mass is 516 g/mol. The van der Waals surface area contributed by atoms with Crippen molar-refractivity contribution in [2.75, 3.05) is 18.5 Å². The Morgan fingerprint density at radius 2 is 1.91 bits per heavy atom. The molecule has 170 valence electrons. The van der Waals surface area contributed by atoms with E-state index in [9.17, 15) is 4.79 Å². The molecule has 0 fully saturated rings. The van der Waals surface area contributed by atoms with Crippen molar-refractivity contribution in [3.63, 3.8) is 0 Å². The standard InChI is InChI=1S/C25H29BrN2O3S/c1-5-30-20-11-8-18(9-12-20)24-17(4)32-25(28-24)27-23(29)7-6-14-31-22-13-10-19(16(2)3)15-21(22)26/h8-13,15-16H,5-7,14H2,1-4H3,(H,27,28,29). The highest BCUT2D eigenvalue weighted by Crippen LogP contribution is 2.32. The number of carbonyl (C=O) groups is 1. The predicted octanol–water partition coefficient (Wildman–Crippen LogP) is 7.20. The molecule has 7 heteroatoms. The molecule has 32 heavy (non-hydrogen) atoms. The van der Waals surface area contributed by atoms with Crippen molar-refractivity contribution in [3.8, 4) is 22.8 Å². The number of hydrogen-bond acceptors (Lipinski definition) is 5. The number of amides is 1. The van der Waals surface area contributed by atoms with Crippen LogP contribution in [0.4, 0.5) is 5.13 Å². The number of nitrogens with zero attached hydrogens (tertiary/aromatic N) is 1. The first-order chi connectivity index (χ1) is 15.4. The molecule has 3 rings (SSSR count). The SMILES string of the molecule is CCOc1ccc(-c2nc(NC(=O)CCCOc3ccc(C(C)C)cc3Br)sc2C)cc1. The fourth-order valence-electron chi connectivity index (χ4n) is 3.18. The van der Waals surface area contributed by atoms with E-state index in [0.29, 0.717) is 37.1 Å². The first kappa shape index (κ1) is 24.3. The molecule has 2 aromatic carbocycles. The number of halogens is 1. The molecule has 1 N–H and O–H groups in total. The van der Waals surface area contributed by atoms with Crippen LogP contribution in [0.2, 0.25) is 0 Å². The maximum atomic E-state index is 12.4. The average Bonchev–Trinajstić information content (AvgIpc) is 3.12. The van der Waals surface area contributed by atoms with Crippen LogP contribution in [0.15, 0.2) is 46.9 Å². The van der Waals surface area contributed by atoms with E-state index in [0.717, 1.165) is 32.1 Å². The van der Waals surface area contributed by atoms with Crippen molar-refractivity contribution in [2.45, 2.75) is 46.5 Å². The van der Waals surface area contributed by atoms with Crippen LogP contribution in [0.25, 0.3) is 11.3 Å². The molecule has 1 heterocycles. The topological polar surface area (TPSA) is 60.5 Å². The quantitative estimate of drug-likeness (QED) is 0.289. The Morgan fingerprint density at radius 1 is 1.16 bits per heavy atom. The summed E-state index contributed by atoms with van der Waals surface area (Å²) in [6.45, 7) is 9.40. The number of ether oxygens (including phenoxy) is 2. The molecule has 0 spiro atoms. The number of aryl methyl sites for hydroxylation is 1. The molecular weight excluding hydrogens is 488 g/mol. The Hall–Kier alpha value is -2.38. The zero-order valence-electron chi connectivity index (χ0n) is 18.9. The Labute approximate surface area is 202 Å². The van der Waals surface area contributed by atoms with Crippen LogP contribution in [-0.2, 0) is 4.79 Å². The van der Waals surface area contributed by atoms with Gasteiger partial charge in [-0.15, -0.1) is 11.3 Å². The molecule has 0 radical (unpaired) electrons. The second-order valence-corrected chi connectivity index (χ2v) is 9.78. The van der Waals surface area contributed by atoms with Crippen LogP contribution in [0.1, 0.15) is 50.0 Å². The third-order valence-corrected chi connectivity index (χ3v) is 6.42. The van der Waals surface area contributed by atoms with Crippen molar-refractivity contribution in [1.29, 1.82) is 0 Å². The molecule has 0 aliphatic rings. The van der Waals surface area contributed by atoms with E-state index in [-0.39, 0.29) is 5.91 Å². The van der Waals surface area contributed by atoms with Crippen LogP contribution < -0.4 is 14.8 Å². The van der Waals surface area contributed by atoms with Gasteiger partial charge in [0.05, 0.1) is 23.4 Å². The number of anilines is 1. The van der Waals surface area contributed by atoms with Gasteiger partial charge in [-0.2, -0.15) is 0 Å². The fraction of sp³-hybridized carbons (Fsp3) is 0.360. The average molecular weight is 517 g/mol. The van der Waals surface area contributed by atoms with Gasteiger partial charge in [0.15, 0.2) is 5.13 Å². The number of thiazole rings is 1. The summed E-state index contributed by atoms with van der Waals surface area (Å²) in [5.74, 6) is 2.04. The first-order valence-electron chi connectivity index (χ1n) is 10.8. The molecule has 0 aliphatic carbocycles. The van der Waals surface area contributed by atoms with Crippen LogP contribution in [0, 0.1) is 6.92 Å². The molecule has 0 bridgehead atoms. The number of hydrogen-bond donors (Lipinski definition) is 1. The molecule has 0 saturated carbocycles. The lowest BCUT2D eigenvalue weighted by Crippen LogP contribution is -2.12. The van der Waals surface area contributed by atoms with E-state index >= 15 is 0 Å². The van der Waals surface area contributed by atoms with Crippen molar-refractivity contribution in [2.24, 2.45) is 0 Å². The molecule has 0 aliphatic heterocycles. The minimum atomic E-state index is -0.0604. The highest BCUT2D eigenvalue weighted by Gasteiger charge is 2.13. The maximum Gasteiger partial charge on any atom is 0.226 e. The van der Waals surface area contributed by atoms with E-state index in [1.54, 1.807) is 0 Å². The number of rotatable bonds is 10. The summed E-state index contributed by atoms with van der Waals surface area (Å²) >= 11 is 5.04. The Kier molecular flexibility index (Phi) is 8.70. The summed E-state index contributed by atoms with van der Waals surface area (Å²) in [5, 5.41) is 3.53. The normalized spacial score (nSPS) is 10.9. The first-order valence-corrected chi connectivity index (χ1v) is 12.4. The number of carbonyl (C=O) groups excluding carboxylic acids is 1. The van der Waals surface area contributed by atoms with Gasteiger partial charge in [-0.1, -0.05) is 19.9 Å². The Bertz CT molecular complexity index is 1050. The molecule has 1 amide bonds. The Balaban J connectivity index is 1.49. The van der Waals surface area contributed by atoms with Gasteiger partial charge in [0.1, 0.15) is 11.5 Å². The van der Waals surface area contributed by atoms with Crippen molar-refractivity contribution in [1.82, 2.24) is 4.98 Å². The molecule has 1 aromatic heterocycles. The molecule has 0 saturated heterocycles. The lowest BCUT2D eigenvalue weighted by atomic mass is 10.0. The third-order valence-electron chi connectivity index (χ3n) is 4.91.